The van der Waals surface area contributed by atoms with E-state index in [1.807, 2.05) is 0 Å². The monoisotopic (exact) mass is 236 g/mol. The molecular weight excluding hydrogens is 220 g/mol. The summed E-state index contributed by atoms with van der Waals surface area (Å²) in [5.74, 6) is 0.231. The van der Waals surface area contributed by atoms with E-state index in [2.05, 4.69) is 9.97 Å². The second-order valence-corrected chi connectivity index (χ2v) is 4.34. The van der Waals surface area contributed by atoms with Crippen molar-refractivity contribution >= 4 is 11.9 Å². The van der Waals surface area contributed by atoms with Gasteiger partial charge in [-0.2, -0.15) is 0 Å². The first-order valence-electron chi connectivity index (χ1n) is 5.65. The quantitative estimate of drug-likeness (QED) is 0.789. The number of rotatable bonds is 2. The van der Waals surface area contributed by atoms with Crippen LogP contribution in [0.1, 0.15) is 23.2 Å². The van der Waals surface area contributed by atoms with Crippen LogP contribution in [0.2, 0.25) is 0 Å². The number of hydrogen-bond acceptors (Lipinski definition) is 4. The summed E-state index contributed by atoms with van der Waals surface area (Å²) in [6, 6.07) is 0. The molecule has 1 aliphatic heterocycles. The number of carbonyl (C=O) groups is 1. The molecule has 6 nitrogen and oxygen atoms in total. The third-order valence-corrected chi connectivity index (χ3v) is 2.83. The fourth-order valence-electron chi connectivity index (χ4n) is 1.86. The largest absolute Gasteiger partial charge is 0.348 e. The molecule has 1 aromatic rings. The molecule has 1 N–H and O–H groups in total. The fraction of sp³-hybridized carbons (Fsp3) is 0.545. The van der Waals surface area contributed by atoms with Gasteiger partial charge in [-0.1, -0.05) is 0 Å². The smallest absolute Gasteiger partial charge is 0.265 e. The molecule has 1 saturated heterocycles. The predicted molar refractivity (Wildman–Crippen MR) is 64.3 cm³/mol. The summed E-state index contributed by atoms with van der Waals surface area (Å²) >= 11 is 0. The first-order valence-corrected chi connectivity index (χ1v) is 5.65. The van der Waals surface area contributed by atoms with Crippen LogP contribution in [0.25, 0.3) is 0 Å². The molecule has 1 aliphatic rings. The highest BCUT2D eigenvalue weighted by atomic mass is 16.2. The summed E-state index contributed by atoms with van der Waals surface area (Å²) in [6.45, 7) is 1.46. The zero-order chi connectivity index (χ0) is 12.4. The number of anilines is 1. The number of nitrogens with zero attached hydrogens (tertiary/aromatic N) is 3. The highest BCUT2D eigenvalue weighted by Crippen LogP contribution is 2.10. The van der Waals surface area contributed by atoms with Gasteiger partial charge in [0.25, 0.3) is 11.5 Å². The topological polar surface area (TPSA) is 69.3 Å². The Morgan fingerprint density at radius 3 is 2.59 bits per heavy atom. The zero-order valence-corrected chi connectivity index (χ0v) is 10.1. The molecule has 1 fully saturated rings. The van der Waals surface area contributed by atoms with Crippen LogP contribution >= 0.6 is 0 Å². The molecule has 0 bridgehead atoms. The van der Waals surface area contributed by atoms with E-state index in [9.17, 15) is 9.59 Å². The number of carbonyl (C=O) groups excluding carboxylic acids is 1. The highest BCUT2D eigenvalue weighted by Gasteiger charge is 2.22. The maximum atomic E-state index is 12.0. The van der Waals surface area contributed by atoms with Crippen LogP contribution in [-0.4, -0.2) is 48.0 Å². The molecule has 0 saturated carbocycles. The lowest BCUT2D eigenvalue weighted by molar-refractivity contribution is 0.0790. The van der Waals surface area contributed by atoms with Crippen molar-refractivity contribution in [1.29, 1.82) is 0 Å². The van der Waals surface area contributed by atoms with Crippen LogP contribution in [0, 0.1) is 0 Å². The first kappa shape index (κ1) is 11.6. The molecule has 6 heteroatoms. The molecular formula is C11H16N4O2. The van der Waals surface area contributed by atoms with E-state index in [4.69, 9.17) is 0 Å². The minimum atomic E-state index is -0.374. The third kappa shape index (κ3) is 2.30. The van der Waals surface area contributed by atoms with E-state index in [1.54, 1.807) is 23.9 Å². The Bertz CT molecular complexity index is 475. The van der Waals surface area contributed by atoms with Gasteiger partial charge in [0.1, 0.15) is 5.56 Å². The van der Waals surface area contributed by atoms with Gasteiger partial charge in [0.05, 0.1) is 0 Å². The minimum absolute atomic E-state index is 0.123. The van der Waals surface area contributed by atoms with Crippen molar-refractivity contribution in [3.63, 3.8) is 0 Å². The molecule has 1 aromatic heterocycles. The SMILES string of the molecule is CN(C)c1ncc(C(=O)N2CCCC2)c(=O)[nH]1. The Hall–Kier alpha value is -1.85. The Labute approximate surface area is 99.3 Å². The van der Waals surface area contributed by atoms with Crippen molar-refractivity contribution in [1.82, 2.24) is 14.9 Å². The standard InChI is InChI=1S/C11H16N4O2/c1-14(2)11-12-7-8(9(16)13-11)10(17)15-5-3-4-6-15/h7H,3-6H2,1-2H3,(H,12,13,16). The molecule has 92 valence electrons. The van der Waals surface area contributed by atoms with Gasteiger partial charge < -0.3 is 9.80 Å². The average molecular weight is 236 g/mol. The van der Waals surface area contributed by atoms with Gasteiger partial charge in [0.15, 0.2) is 0 Å². The van der Waals surface area contributed by atoms with Gasteiger partial charge in [-0.3, -0.25) is 14.6 Å². The molecule has 2 rings (SSSR count). The summed E-state index contributed by atoms with van der Waals surface area (Å²) < 4.78 is 0. The Morgan fingerprint density at radius 2 is 2.06 bits per heavy atom. The second kappa shape index (κ2) is 4.57. The van der Waals surface area contributed by atoms with Crippen molar-refractivity contribution in [3.05, 3.63) is 22.1 Å². The lowest BCUT2D eigenvalue weighted by Gasteiger charge is -2.15. The third-order valence-electron chi connectivity index (χ3n) is 2.83. The van der Waals surface area contributed by atoms with Crippen LogP contribution in [-0.2, 0) is 0 Å². The van der Waals surface area contributed by atoms with Crippen LogP contribution in [0.15, 0.2) is 11.0 Å². The lowest BCUT2D eigenvalue weighted by atomic mass is 10.3. The zero-order valence-electron chi connectivity index (χ0n) is 10.1. The molecule has 0 spiro atoms. The molecule has 0 aliphatic carbocycles. The van der Waals surface area contributed by atoms with Crippen LogP contribution in [0.4, 0.5) is 5.95 Å². The Kier molecular flexibility index (Phi) is 3.12. The van der Waals surface area contributed by atoms with Crippen molar-refractivity contribution in [2.75, 3.05) is 32.1 Å². The van der Waals surface area contributed by atoms with E-state index in [0.29, 0.717) is 5.95 Å². The van der Waals surface area contributed by atoms with E-state index < -0.39 is 0 Å². The normalized spacial score (nSPS) is 15.1. The van der Waals surface area contributed by atoms with Gasteiger partial charge in [0, 0.05) is 33.4 Å². The maximum absolute atomic E-state index is 12.0. The first-order chi connectivity index (χ1) is 8.09. The van der Waals surface area contributed by atoms with Crippen molar-refractivity contribution in [2.24, 2.45) is 0 Å². The van der Waals surface area contributed by atoms with Crippen molar-refractivity contribution < 1.29 is 4.79 Å². The second-order valence-electron chi connectivity index (χ2n) is 4.34. The van der Waals surface area contributed by atoms with E-state index in [1.165, 1.54) is 6.20 Å². The molecule has 0 radical (unpaired) electrons. The van der Waals surface area contributed by atoms with Crippen LogP contribution < -0.4 is 10.5 Å². The number of H-pyrrole nitrogens is 1. The number of hydrogen-bond donors (Lipinski definition) is 1. The molecule has 1 amide bonds. The number of likely N-dealkylation sites (tertiary alicyclic amines) is 1. The summed E-state index contributed by atoms with van der Waals surface area (Å²) in [6.07, 6.45) is 3.37. The van der Waals surface area contributed by atoms with E-state index in [-0.39, 0.29) is 17.0 Å². The molecule has 0 atom stereocenters. The van der Waals surface area contributed by atoms with Gasteiger partial charge in [-0.15, -0.1) is 0 Å². The summed E-state index contributed by atoms with van der Waals surface area (Å²) in [5.41, 5.74) is -0.252. The molecule has 2 heterocycles. The van der Waals surface area contributed by atoms with E-state index in [0.717, 1.165) is 25.9 Å². The predicted octanol–water partition coefficient (Wildman–Crippen LogP) is 0.0719. The minimum Gasteiger partial charge on any atom is -0.348 e. The van der Waals surface area contributed by atoms with E-state index >= 15 is 0 Å². The van der Waals surface area contributed by atoms with Crippen molar-refractivity contribution in [3.8, 4) is 0 Å². The number of nitrogens with one attached hydrogen (secondary N) is 1. The Morgan fingerprint density at radius 1 is 1.41 bits per heavy atom. The lowest BCUT2D eigenvalue weighted by Crippen LogP contribution is -2.33. The summed E-state index contributed by atoms with van der Waals surface area (Å²) in [7, 11) is 3.56. The molecule has 17 heavy (non-hydrogen) atoms. The van der Waals surface area contributed by atoms with Crippen LogP contribution in [0.3, 0.4) is 0 Å². The van der Waals surface area contributed by atoms with Gasteiger partial charge in [-0.25, -0.2) is 4.98 Å². The Balaban J connectivity index is 2.27. The molecule has 0 aromatic carbocycles. The number of aromatic amines is 1. The summed E-state index contributed by atoms with van der Waals surface area (Å²) in [4.78, 5) is 33.8. The average Bonchev–Trinajstić information content (AvgIpc) is 2.81. The number of amides is 1. The molecule has 0 unspecified atom stereocenters. The maximum Gasteiger partial charge on any atom is 0.265 e. The highest BCUT2D eigenvalue weighted by molar-refractivity contribution is 5.93. The van der Waals surface area contributed by atoms with Crippen LogP contribution in [0.5, 0.6) is 0 Å². The van der Waals surface area contributed by atoms with Gasteiger partial charge in [0.2, 0.25) is 5.95 Å². The van der Waals surface area contributed by atoms with Gasteiger partial charge >= 0.3 is 0 Å². The fourth-order valence-corrected chi connectivity index (χ4v) is 1.86. The van der Waals surface area contributed by atoms with Gasteiger partial charge in [-0.05, 0) is 12.8 Å². The summed E-state index contributed by atoms with van der Waals surface area (Å²) in [5, 5.41) is 0. The van der Waals surface area contributed by atoms with Crippen molar-refractivity contribution in [2.45, 2.75) is 12.8 Å². The number of aromatic nitrogens is 2.